The van der Waals surface area contributed by atoms with E-state index in [4.69, 9.17) is 4.74 Å². The Morgan fingerprint density at radius 3 is 3.00 bits per heavy atom. The molecule has 1 atom stereocenters. The van der Waals surface area contributed by atoms with Crippen molar-refractivity contribution in [2.45, 2.75) is 5.92 Å². The van der Waals surface area contributed by atoms with Crippen molar-refractivity contribution in [3.05, 3.63) is 46.4 Å². The Hall–Kier alpha value is -2.19. The van der Waals surface area contributed by atoms with Gasteiger partial charge in [0.25, 0.3) is 0 Å². The SMILES string of the molecule is COc1ccsc1C(=O)C(C#N)c1cccnc1. The Kier molecular flexibility index (Phi) is 3.70. The number of methoxy groups -OCH3 is 1. The first-order chi connectivity index (χ1) is 8.77. The van der Waals surface area contributed by atoms with E-state index in [0.717, 1.165) is 0 Å². The molecule has 0 saturated carbocycles. The molecule has 1 unspecified atom stereocenters. The van der Waals surface area contributed by atoms with E-state index in [2.05, 4.69) is 4.98 Å². The summed E-state index contributed by atoms with van der Waals surface area (Å²) in [6.07, 6.45) is 3.14. The number of rotatable bonds is 4. The zero-order valence-corrected chi connectivity index (χ0v) is 10.5. The second-order valence-corrected chi connectivity index (χ2v) is 4.45. The fraction of sp³-hybridized carbons (Fsp3) is 0.154. The van der Waals surface area contributed by atoms with Gasteiger partial charge in [-0.15, -0.1) is 11.3 Å². The van der Waals surface area contributed by atoms with E-state index < -0.39 is 5.92 Å². The zero-order chi connectivity index (χ0) is 13.0. The number of hydrogen-bond donors (Lipinski definition) is 0. The highest BCUT2D eigenvalue weighted by molar-refractivity contribution is 7.12. The molecule has 4 nitrogen and oxygen atoms in total. The standard InChI is InChI=1S/C13H10N2O2S/c1-17-11-4-6-18-13(11)12(16)10(7-14)9-3-2-5-15-8-9/h2-6,8,10H,1H3. The minimum Gasteiger partial charge on any atom is -0.495 e. The molecule has 90 valence electrons. The number of pyridine rings is 1. The molecular weight excluding hydrogens is 248 g/mol. The topological polar surface area (TPSA) is 63.0 Å². The molecule has 0 spiro atoms. The first-order valence-electron chi connectivity index (χ1n) is 5.23. The number of nitrogens with zero attached hydrogens (tertiary/aromatic N) is 2. The Morgan fingerprint density at radius 1 is 1.56 bits per heavy atom. The van der Waals surface area contributed by atoms with Crippen molar-refractivity contribution in [3.8, 4) is 11.8 Å². The van der Waals surface area contributed by atoms with Gasteiger partial charge >= 0.3 is 0 Å². The molecule has 0 aliphatic heterocycles. The van der Waals surface area contributed by atoms with Crippen molar-refractivity contribution in [2.24, 2.45) is 0 Å². The number of carbonyl (C=O) groups is 1. The van der Waals surface area contributed by atoms with Gasteiger partial charge in [-0.25, -0.2) is 0 Å². The molecule has 18 heavy (non-hydrogen) atoms. The van der Waals surface area contributed by atoms with Crippen molar-refractivity contribution in [2.75, 3.05) is 7.11 Å². The lowest BCUT2D eigenvalue weighted by Gasteiger charge is -2.07. The van der Waals surface area contributed by atoms with Gasteiger partial charge in [0.2, 0.25) is 0 Å². The summed E-state index contributed by atoms with van der Waals surface area (Å²) in [4.78, 5) is 16.7. The van der Waals surface area contributed by atoms with Gasteiger partial charge in [-0.3, -0.25) is 9.78 Å². The lowest BCUT2D eigenvalue weighted by molar-refractivity contribution is 0.0980. The summed E-state index contributed by atoms with van der Waals surface area (Å²) < 4.78 is 5.10. The van der Waals surface area contributed by atoms with Crippen LogP contribution in [0.4, 0.5) is 0 Å². The smallest absolute Gasteiger partial charge is 0.198 e. The third-order valence-electron chi connectivity index (χ3n) is 2.48. The molecule has 0 N–H and O–H groups in total. The van der Waals surface area contributed by atoms with Crippen molar-refractivity contribution in [1.29, 1.82) is 5.26 Å². The average molecular weight is 258 g/mol. The predicted octanol–water partition coefficient (Wildman–Crippen LogP) is 2.64. The van der Waals surface area contributed by atoms with Crippen LogP contribution in [-0.2, 0) is 0 Å². The zero-order valence-electron chi connectivity index (χ0n) is 9.66. The molecule has 0 amide bonds. The first kappa shape index (κ1) is 12.3. The van der Waals surface area contributed by atoms with Gasteiger partial charge in [-0.1, -0.05) is 6.07 Å². The number of aromatic nitrogens is 1. The van der Waals surface area contributed by atoms with Gasteiger partial charge < -0.3 is 4.74 Å². The first-order valence-corrected chi connectivity index (χ1v) is 6.11. The van der Waals surface area contributed by atoms with Crippen LogP contribution in [0.15, 0.2) is 36.0 Å². The van der Waals surface area contributed by atoms with Crippen LogP contribution in [0.25, 0.3) is 0 Å². The highest BCUT2D eigenvalue weighted by atomic mass is 32.1. The molecule has 0 aliphatic carbocycles. The quantitative estimate of drug-likeness (QED) is 0.791. The summed E-state index contributed by atoms with van der Waals surface area (Å²) in [7, 11) is 1.50. The fourth-order valence-corrected chi connectivity index (χ4v) is 2.43. The summed E-state index contributed by atoms with van der Waals surface area (Å²) in [5, 5.41) is 10.9. The van der Waals surface area contributed by atoms with Crippen LogP contribution in [-0.4, -0.2) is 17.9 Å². The summed E-state index contributed by atoms with van der Waals surface area (Å²) >= 11 is 1.27. The molecule has 0 bridgehead atoms. The maximum atomic E-state index is 12.3. The summed E-state index contributed by atoms with van der Waals surface area (Å²) in [5.74, 6) is -0.585. The Morgan fingerprint density at radius 2 is 2.39 bits per heavy atom. The summed E-state index contributed by atoms with van der Waals surface area (Å²) in [5.41, 5.74) is 0.598. The number of hydrogen-bond acceptors (Lipinski definition) is 5. The maximum absolute atomic E-state index is 12.3. The van der Waals surface area contributed by atoms with Crippen molar-refractivity contribution in [1.82, 2.24) is 4.98 Å². The molecular formula is C13H10N2O2S. The number of ether oxygens (including phenoxy) is 1. The minimum atomic E-state index is -0.841. The average Bonchev–Trinajstić information content (AvgIpc) is 2.89. The minimum absolute atomic E-state index is 0.252. The van der Waals surface area contributed by atoms with E-state index in [1.165, 1.54) is 24.6 Å². The van der Waals surface area contributed by atoms with Gasteiger partial charge in [0.1, 0.15) is 16.5 Å². The van der Waals surface area contributed by atoms with E-state index in [0.29, 0.717) is 16.2 Å². The molecule has 0 radical (unpaired) electrons. The second kappa shape index (κ2) is 5.43. The van der Waals surface area contributed by atoms with Crippen LogP contribution in [0.5, 0.6) is 5.75 Å². The highest BCUT2D eigenvalue weighted by Gasteiger charge is 2.25. The van der Waals surface area contributed by atoms with E-state index in [9.17, 15) is 10.1 Å². The number of Topliss-reactive ketones (excluding diaryl/α,β-unsaturated/α-hetero) is 1. The Labute approximate surface area is 108 Å². The van der Waals surface area contributed by atoms with Gasteiger partial charge in [-0.05, 0) is 23.1 Å². The van der Waals surface area contributed by atoms with E-state index in [-0.39, 0.29) is 5.78 Å². The highest BCUT2D eigenvalue weighted by Crippen LogP contribution is 2.30. The molecule has 0 saturated heterocycles. The maximum Gasteiger partial charge on any atom is 0.198 e. The van der Waals surface area contributed by atoms with Gasteiger partial charge in [0, 0.05) is 12.4 Å². The molecule has 2 heterocycles. The van der Waals surface area contributed by atoms with E-state index in [1.807, 2.05) is 6.07 Å². The number of nitriles is 1. The monoisotopic (exact) mass is 258 g/mol. The van der Waals surface area contributed by atoms with Crippen LogP contribution in [0.1, 0.15) is 21.2 Å². The van der Waals surface area contributed by atoms with Crippen molar-refractivity contribution in [3.63, 3.8) is 0 Å². The van der Waals surface area contributed by atoms with Gasteiger partial charge in [-0.2, -0.15) is 5.26 Å². The Balaban J connectivity index is 2.36. The molecule has 2 aromatic rings. The van der Waals surface area contributed by atoms with E-state index in [1.54, 1.807) is 29.8 Å². The third-order valence-corrected chi connectivity index (χ3v) is 3.39. The van der Waals surface area contributed by atoms with Crippen molar-refractivity contribution >= 4 is 17.1 Å². The number of ketones is 1. The third kappa shape index (κ3) is 2.24. The van der Waals surface area contributed by atoms with Crippen LogP contribution in [0, 0.1) is 11.3 Å². The molecule has 2 aromatic heterocycles. The lowest BCUT2D eigenvalue weighted by atomic mass is 9.96. The summed E-state index contributed by atoms with van der Waals surface area (Å²) in [6, 6.07) is 7.17. The van der Waals surface area contributed by atoms with E-state index >= 15 is 0 Å². The summed E-state index contributed by atoms with van der Waals surface area (Å²) in [6.45, 7) is 0. The molecule has 5 heteroatoms. The number of thiophene rings is 1. The molecule has 0 aliphatic rings. The second-order valence-electron chi connectivity index (χ2n) is 3.53. The van der Waals surface area contributed by atoms with Crippen LogP contribution >= 0.6 is 11.3 Å². The lowest BCUT2D eigenvalue weighted by Crippen LogP contribution is -2.11. The molecule has 2 rings (SSSR count). The molecule has 0 aromatic carbocycles. The molecule has 0 fully saturated rings. The predicted molar refractivity (Wildman–Crippen MR) is 67.8 cm³/mol. The van der Waals surface area contributed by atoms with Crippen LogP contribution in [0.2, 0.25) is 0 Å². The number of carbonyl (C=O) groups excluding carboxylic acids is 1. The van der Waals surface area contributed by atoms with Crippen molar-refractivity contribution < 1.29 is 9.53 Å². The largest absolute Gasteiger partial charge is 0.495 e. The van der Waals surface area contributed by atoms with Gasteiger partial charge in [0.05, 0.1) is 13.2 Å². The van der Waals surface area contributed by atoms with Gasteiger partial charge in [0.15, 0.2) is 5.78 Å². The Bertz CT molecular complexity index is 587. The van der Waals surface area contributed by atoms with Crippen LogP contribution in [0.3, 0.4) is 0 Å². The normalized spacial score (nSPS) is 11.6. The van der Waals surface area contributed by atoms with Crippen LogP contribution < -0.4 is 4.74 Å². The fourth-order valence-electron chi connectivity index (χ4n) is 1.60.